The summed E-state index contributed by atoms with van der Waals surface area (Å²) in [6, 6.07) is 4.16. The van der Waals surface area contributed by atoms with E-state index in [0.29, 0.717) is 5.92 Å². The lowest BCUT2D eigenvalue weighted by molar-refractivity contribution is 0.404. The van der Waals surface area contributed by atoms with E-state index in [1.807, 2.05) is 0 Å². The molecule has 1 rings (SSSR count). The average molecular weight is 364 g/mol. The smallest absolute Gasteiger partial charge is 0.123 e. The highest BCUT2D eigenvalue weighted by molar-refractivity contribution is 9.10. The molecule has 0 saturated carbocycles. The highest BCUT2D eigenvalue weighted by atomic mass is 79.9. The number of aryl methyl sites for hydroxylation is 1. The maximum Gasteiger partial charge on any atom is 0.123 e. The fourth-order valence-corrected chi connectivity index (χ4v) is 3.29. The number of hydrogen-bond donors (Lipinski definition) is 0. The predicted octanol–water partition coefficient (Wildman–Crippen LogP) is 5.43. The molecule has 0 N–H and O–H groups in total. The highest BCUT2D eigenvalue weighted by Gasteiger charge is 2.19. The summed E-state index contributed by atoms with van der Waals surface area (Å²) in [7, 11) is 1.74. The summed E-state index contributed by atoms with van der Waals surface area (Å²) in [5.41, 5.74) is 2.57. The Morgan fingerprint density at radius 3 is 2.59 bits per heavy atom. The van der Waals surface area contributed by atoms with Crippen LogP contribution in [0.2, 0.25) is 0 Å². The second kappa shape index (κ2) is 7.42. The zero-order valence-corrected chi connectivity index (χ0v) is 13.9. The fourth-order valence-electron chi connectivity index (χ4n) is 1.99. The third-order valence-electron chi connectivity index (χ3n) is 3.05. The molecule has 1 unspecified atom stereocenters. The summed E-state index contributed by atoms with van der Waals surface area (Å²) >= 11 is 7.33. The Hall–Kier alpha value is -0.0200. The second-order valence-corrected chi connectivity index (χ2v) is 5.75. The molecule has 17 heavy (non-hydrogen) atoms. The van der Waals surface area contributed by atoms with Crippen LogP contribution in [0.1, 0.15) is 43.2 Å². The zero-order valence-electron chi connectivity index (χ0n) is 10.7. The van der Waals surface area contributed by atoms with Gasteiger partial charge in [-0.2, -0.15) is 0 Å². The Morgan fingerprint density at radius 2 is 2.06 bits per heavy atom. The van der Waals surface area contributed by atoms with E-state index in [0.717, 1.165) is 11.1 Å². The van der Waals surface area contributed by atoms with E-state index < -0.39 is 0 Å². The highest BCUT2D eigenvalue weighted by Crippen LogP contribution is 2.38. The van der Waals surface area contributed by atoms with Crippen LogP contribution in [0.3, 0.4) is 0 Å². The first-order valence-corrected chi connectivity index (χ1v) is 7.96. The molecule has 0 aromatic heterocycles. The van der Waals surface area contributed by atoms with Crippen LogP contribution in [-0.4, -0.2) is 12.4 Å². The van der Waals surface area contributed by atoms with Crippen LogP contribution in [-0.2, 0) is 0 Å². The first-order valence-electron chi connectivity index (χ1n) is 6.04. The van der Waals surface area contributed by atoms with E-state index in [4.69, 9.17) is 4.74 Å². The van der Waals surface area contributed by atoms with Crippen molar-refractivity contribution in [1.82, 2.24) is 0 Å². The first-order chi connectivity index (χ1) is 8.15. The van der Waals surface area contributed by atoms with Crippen molar-refractivity contribution in [2.75, 3.05) is 12.4 Å². The summed E-state index contributed by atoms with van der Waals surface area (Å²) in [6.07, 6.45) is 3.68. The Morgan fingerprint density at radius 1 is 1.35 bits per heavy atom. The van der Waals surface area contributed by atoms with E-state index in [1.165, 1.54) is 34.9 Å². The molecule has 0 aliphatic heterocycles. The van der Waals surface area contributed by atoms with E-state index in [-0.39, 0.29) is 0 Å². The summed E-state index contributed by atoms with van der Waals surface area (Å²) in [5, 5.41) is 0.978. The molecule has 0 bridgehead atoms. The fraction of sp³-hybridized carbons (Fsp3) is 0.571. The zero-order chi connectivity index (χ0) is 12.8. The molecule has 0 aliphatic carbocycles. The van der Waals surface area contributed by atoms with Crippen molar-refractivity contribution in [2.45, 2.75) is 39.0 Å². The Bertz CT molecular complexity index is 363. The second-order valence-electron chi connectivity index (χ2n) is 4.31. The van der Waals surface area contributed by atoms with Crippen molar-refractivity contribution in [3.05, 3.63) is 27.7 Å². The van der Waals surface area contributed by atoms with Gasteiger partial charge >= 0.3 is 0 Å². The molecule has 0 radical (unpaired) electrons. The van der Waals surface area contributed by atoms with Gasteiger partial charge in [-0.05, 0) is 30.9 Å². The van der Waals surface area contributed by atoms with E-state index in [9.17, 15) is 0 Å². The first kappa shape index (κ1) is 15.0. The van der Waals surface area contributed by atoms with Gasteiger partial charge in [0.05, 0.1) is 7.11 Å². The molecule has 0 heterocycles. The van der Waals surface area contributed by atoms with Gasteiger partial charge < -0.3 is 4.74 Å². The van der Waals surface area contributed by atoms with Crippen molar-refractivity contribution in [3.63, 3.8) is 0 Å². The van der Waals surface area contributed by atoms with Crippen molar-refractivity contribution in [3.8, 4) is 5.75 Å². The minimum absolute atomic E-state index is 0.513. The van der Waals surface area contributed by atoms with E-state index in [2.05, 4.69) is 57.8 Å². The van der Waals surface area contributed by atoms with Gasteiger partial charge in [0.2, 0.25) is 0 Å². The summed E-state index contributed by atoms with van der Waals surface area (Å²) in [5.74, 6) is 1.50. The molecule has 0 amide bonds. The maximum absolute atomic E-state index is 5.49. The van der Waals surface area contributed by atoms with Gasteiger partial charge in [0, 0.05) is 15.4 Å². The summed E-state index contributed by atoms with van der Waals surface area (Å²) < 4.78 is 6.69. The molecular formula is C14H20Br2O. The van der Waals surface area contributed by atoms with Crippen molar-refractivity contribution in [1.29, 1.82) is 0 Å². The summed E-state index contributed by atoms with van der Waals surface area (Å²) in [6.45, 7) is 4.35. The van der Waals surface area contributed by atoms with Crippen LogP contribution < -0.4 is 4.74 Å². The maximum atomic E-state index is 5.49. The van der Waals surface area contributed by atoms with Crippen molar-refractivity contribution < 1.29 is 4.74 Å². The van der Waals surface area contributed by atoms with Gasteiger partial charge in [-0.25, -0.2) is 0 Å². The lowest BCUT2D eigenvalue weighted by Gasteiger charge is -2.20. The van der Waals surface area contributed by atoms with Crippen LogP contribution in [0.25, 0.3) is 0 Å². The number of hydrogen-bond acceptors (Lipinski definition) is 1. The molecule has 96 valence electrons. The number of rotatable bonds is 6. The van der Waals surface area contributed by atoms with Gasteiger partial charge in [-0.3, -0.25) is 0 Å². The monoisotopic (exact) mass is 362 g/mol. The third kappa shape index (κ3) is 3.72. The van der Waals surface area contributed by atoms with Crippen LogP contribution in [0.15, 0.2) is 16.6 Å². The number of unbranched alkanes of at least 4 members (excludes halogenated alkanes) is 1. The quantitative estimate of drug-likeness (QED) is 0.612. The Kier molecular flexibility index (Phi) is 6.57. The van der Waals surface area contributed by atoms with E-state index >= 15 is 0 Å². The molecule has 1 atom stereocenters. The van der Waals surface area contributed by atoms with Crippen LogP contribution in [0, 0.1) is 6.92 Å². The number of benzene rings is 1. The lowest BCUT2D eigenvalue weighted by atomic mass is 9.93. The minimum atomic E-state index is 0.513. The third-order valence-corrected chi connectivity index (χ3v) is 4.89. The molecule has 3 heteroatoms. The van der Waals surface area contributed by atoms with Gasteiger partial charge in [0.15, 0.2) is 0 Å². The van der Waals surface area contributed by atoms with Gasteiger partial charge in [0.1, 0.15) is 5.75 Å². The average Bonchev–Trinajstić information content (AvgIpc) is 2.35. The normalized spacial score (nSPS) is 12.5. The molecule has 1 nitrogen and oxygen atoms in total. The number of methoxy groups -OCH3 is 1. The molecule has 1 aromatic carbocycles. The van der Waals surface area contributed by atoms with Gasteiger partial charge in [-0.1, -0.05) is 57.7 Å². The topological polar surface area (TPSA) is 9.23 Å². The van der Waals surface area contributed by atoms with Crippen LogP contribution >= 0.6 is 31.9 Å². The van der Waals surface area contributed by atoms with Crippen molar-refractivity contribution >= 4 is 31.9 Å². The van der Waals surface area contributed by atoms with Crippen LogP contribution in [0.5, 0.6) is 5.75 Å². The Labute approximate surface area is 121 Å². The summed E-state index contributed by atoms with van der Waals surface area (Å²) in [4.78, 5) is 0. The molecule has 0 aliphatic rings. The predicted molar refractivity (Wildman–Crippen MR) is 81.5 cm³/mol. The SMILES string of the molecule is CCCCC(CBr)c1c(OC)ccc(C)c1Br. The minimum Gasteiger partial charge on any atom is -0.496 e. The largest absolute Gasteiger partial charge is 0.496 e. The molecule has 0 saturated heterocycles. The van der Waals surface area contributed by atoms with Crippen LogP contribution in [0.4, 0.5) is 0 Å². The van der Waals surface area contributed by atoms with Gasteiger partial charge in [0.25, 0.3) is 0 Å². The molecule has 0 spiro atoms. The molecule has 0 fully saturated rings. The molecule has 1 aromatic rings. The van der Waals surface area contributed by atoms with Crippen molar-refractivity contribution in [2.24, 2.45) is 0 Å². The number of alkyl halides is 1. The standard InChI is InChI=1S/C14H20Br2O/c1-4-5-6-11(9-15)13-12(17-3)8-7-10(2)14(13)16/h7-8,11H,4-6,9H2,1-3H3. The van der Waals surface area contributed by atoms with Gasteiger partial charge in [-0.15, -0.1) is 0 Å². The number of halogens is 2. The Balaban J connectivity index is 3.11. The lowest BCUT2D eigenvalue weighted by Crippen LogP contribution is -2.05. The molecular weight excluding hydrogens is 344 g/mol. The number of ether oxygens (including phenoxy) is 1. The van der Waals surface area contributed by atoms with E-state index in [1.54, 1.807) is 7.11 Å².